The summed E-state index contributed by atoms with van der Waals surface area (Å²) in [6, 6.07) is 0. The van der Waals surface area contributed by atoms with Crippen molar-refractivity contribution in [1.82, 2.24) is 10.3 Å². The fraction of sp³-hybridized carbons (Fsp3) is 0.692. The van der Waals surface area contributed by atoms with E-state index in [1.165, 1.54) is 11.3 Å². The van der Waals surface area contributed by atoms with Crippen LogP contribution >= 0.6 is 11.3 Å². The number of aliphatic hydroxyl groups excluding tert-OH is 1. The lowest BCUT2D eigenvalue weighted by Gasteiger charge is -2.11. The Kier molecular flexibility index (Phi) is 6.21. The van der Waals surface area contributed by atoms with Crippen molar-refractivity contribution in [2.75, 3.05) is 50.1 Å². The van der Waals surface area contributed by atoms with Crippen molar-refractivity contribution in [3.63, 3.8) is 0 Å². The molecule has 0 radical (unpaired) electrons. The summed E-state index contributed by atoms with van der Waals surface area (Å²) in [5, 5.41) is 12.2. The first kappa shape index (κ1) is 16.0. The van der Waals surface area contributed by atoms with Crippen molar-refractivity contribution in [2.24, 2.45) is 0 Å². The Labute approximate surface area is 128 Å². The van der Waals surface area contributed by atoms with Crippen LogP contribution in [0.1, 0.15) is 28.9 Å². The predicted octanol–water partition coefficient (Wildman–Crippen LogP) is 0.454. The summed E-state index contributed by atoms with van der Waals surface area (Å²) in [6.45, 7) is 3.34. The van der Waals surface area contributed by atoms with Crippen LogP contribution in [0.4, 0.5) is 10.9 Å². The Morgan fingerprint density at radius 3 is 2.90 bits per heavy atom. The van der Waals surface area contributed by atoms with Crippen LogP contribution in [0.25, 0.3) is 0 Å². The highest BCUT2D eigenvalue weighted by molar-refractivity contribution is 7.18. The minimum atomic E-state index is -0.183. The first-order valence-electron chi connectivity index (χ1n) is 7.20. The van der Waals surface area contributed by atoms with E-state index in [1.807, 2.05) is 0 Å². The van der Waals surface area contributed by atoms with Crippen LogP contribution in [0.3, 0.4) is 0 Å². The molecule has 1 amide bonds. The third kappa shape index (κ3) is 4.55. The smallest absolute Gasteiger partial charge is 0.265 e. The maximum Gasteiger partial charge on any atom is 0.265 e. The molecule has 1 aromatic heterocycles. The second-order valence-electron chi connectivity index (χ2n) is 4.85. The minimum absolute atomic E-state index is 0.0169. The van der Waals surface area contributed by atoms with Crippen molar-refractivity contribution >= 4 is 28.2 Å². The van der Waals surface area contributed by atoms with E-state index in [-0.39, 0.29) is 12.5 Å². The third-order valence-corrected chi connectivity index (χ3v) is 4.34. The average molecular weight is 314 g/mol. The third-order valence-electron chi connectivity index (χ3n) is 3.21. The van der Waals surface area contributed by atoms with Crippen molar-refractivity contribution in [1.29, 1.82) is 0 Å². The lowest BCUT2D eigenvalue weighted by Crippen LogP contribution is -2.25. The zero-order valence-electron chi connectivity index (χ0n) is 12.0. The second kappa shape index (κ2) is 8.16. The number of nitrogens with one attached hydrogen (secondary N) is 1. The molecule has 1 aliphatic rings. The van der Waals surface area contributed by atoms with E-state index in [0.29, 0.717) is 36.9 Å². The molecule has 0 aromatic carbocycles. The van der Waals surface area contributed by atoms with Crippen molar-refractivity contribution < 1.29 is 14.6 Å². The normalized spacial score (nSPS) is 14.6. The number of ether oxygens (including phenoxy) is 1. The number of carbonyl (C=O) groups excluding carboxylic acids is 1. The lowest BCUT2D eigenvalue weighted by atomic mass is 10.4. The number of anilines is 2. The van der Waals surface area contributed by atoms with Crippen molar-refractivity contribution in [3.8, 4) is 0 Å². The van der Waals surface area contributed by atoms with Gasteiger partial charge in [0.05, 0.1) is 13.2 Å². The molecule has 1 aliphatic heterocycles. The molecule has 2 rings (SSSR count). The fourth-order valence-corrected chi connectivity index (χ4v) is 3.10. The molecule has 0 bridgehead atoms. The van der Waals surface area contributed by atoms with Gasteiger partial charge in [-0.05, 0) is 19.3 Å². The number of carbonyl (C=O) groups is 1. The topological polar surface area (TPSA) is 101 Å². The summed E-state index contributed by atoms with van der Waals surface area (Å²) in [7, 11) is 0. The summed E-state index contributed by atoms with van der Waals surface area (Å²) in [6.07, 6.45) is 3.02. The highest BCUT2D eigenvalue weighted by atomic mass is 32.1. The number of nitrogen functional groups attached to an aromatic ring is 1. The SMILES string of the molecule is Nc1nc(N2CCCC2)sc1C(=O)NCCCOCCO. The molecule has 0 spiro atoms. The number of rotatable bonds is 8. The minimum Gasteiger partial charge on any atom is -0.394 e. The van der Waals surface area contributed by atoms with E-state index in [4.69, 9.17) is 15.6 Å². The molecule has 118 valence electrons. The van der Waals surface area contributed by atoms with Crippen LogP contribution in [-0.4, -0.2) is 55.5 Å². The maximum absolute atomic E-state index is 12.1. The Morgan fingerprint density at radius 1 is 1.43 bits per heavy atom. The highest BCUT2D eigenvalue weighted by Crippen LogP contribution is 2.30. The van der Waals surface area contributed by atoms with Crippen LogP contribution in [0.2, 0.25) is 0 Å². The highest BCUT2D eigenvalue weighted by Gasteiger charge is 2.21. The molecule has 1 saturated heterocycles. The Balaban J connectivity index is 1.79. The zero-order valence-corrected chi connectivity index (χ0v) is 12.8. The van der Waals surface area contributed by atoms with Gasteiger partial charge in [-0.25, -0.2) is 4.98 Å². The largest absolute Gasteiger partial charge is 0.394 e. The van der Waals surface area contributed by atoms with E-state index in [1.54, 1.807) is 0 Å². The Morgan fingerprint density at radius 2 is 2.19 bits per heavy atom. The molecule has 4 N–H and O–H groups in total. The van der Waals surface area contributed by atoms with E-state index in [0.717, 1.165) is 31.1 Å². The number of nitrogens with zero attached hydrogens (tertiary/aromatic N) is 2. The van der Waals surface area contributed by atoms with Gasteiger partial charge in [-0.15, -0.1) is 0 Å². The molecule has 1 fully saturated rings. The first-order chi connectivity index (χ1) is 10.2. The van der Waals surface area contributed by atoms with E-state index < -0.39 is 0 Å². The van der Waals surface area contributed by atoms with Crippen molar-refractivity contribution in [3.05, 3.63) is 4.88 Å². The predicted molar refractivity (Wildman–Crippen MR) is 82.8 cm³/mol. The molecule has 8 heteroatoms. The van der Waals surface area contributed by atoms with Gasteiger partial charge in [0, 0.05) is 26.2 Å². The Bertz CT molecular complexity index is 460. The molecule has 1 aromatic rings. The number of hydrogen-bond donors (Lipinski definition) is 3. The van der Waals surface area contributed by atoms with Gasteiger partial charge in [0.1, 0.15) is 10.7 Å². The van der Waals surface area contributed by atoms with Crippen molar-refractivity contribution in [2.45, 2.75) is 19.3 Å². The van der Waals surface area contributed by atoms with Crippen LogP contribution in [-0.2, 0) is 4.74 Å². The van der Waals surface area contributed by atoms with E-state index in [2.05, 4.69) is 15.2 Å². The average Bonchev–Trinajstić information content (AvgIpc) is 3.11. The molecular formula is C13H22N4O3S. The summed E-state index contributed by atoms with van der Waals surface area (Å²) >= 11 is 1.35. The monoisotopic (exact) mass is 314 g/mol. The number of hydrogen-bond acceptors (Lipinski definition) is 7. The second-order valence-corrected chi connectivity index (χ2v) is 5.83. The number of thiazole rings is 1. The summed E-state index contributed by atoms with van der Waals surface area (Å²) in [5.41, 5.74) is 5.84. The van der Waals surface area contributed by atoms with Crippen LogP contribution in [0, 0.1) is 0 Å². The number of aliphatic hydroxyl groups is 1. The molecule has 0 atom stereocenters. The van der Waals surface area contributed by atoms with Crippen LogP contribution < -0.4 is 16.0 Å². The van der Waals surface area contributed by atoms with E-state index >= 15 is 0 Å². The van der Waals surface area contributed by atoms with Gasteiger partial charge in [-0.1, -0.05) is 11.3 Å². The summed E-state index contributed by atoms with van der Waals surface area (Å²) in [4.78, 5) is 19.0. The van der Waals surface area contributed by atoms with Crippen LogP contribution in [0.15, 0.2) is 0 Å². The van der Waals surface area contributed by atoms with Gasteiger partial charge in [0.2, 0.25) is 0 Å². The molecule has 7 nitrogen and oxygen atoms in total. The van der Waals surface area contributed by atoms with Gasteiger partial charge < -0.3 is 25.8 Å². The summed E-state index contributed by atoms with van der Waals surface area (Å²) < 4.78 is 5.12. The van der Waals surface area contributed by atoms with E-state index in [9.17, 15) is 4.79 Å². The van der Waals surface area contributed by atoms with Gasteiger partial charge >= 0.3 is 0 Å². The number of amides is 1. The van der Waals surface area contributed by atoms with Crippen LogP contribution in [0.5, 0.6) is 0 Å². The quantitative estimate of drug-likeness (QED) is 0.603. The fourth-order valence-electron chi connectivity index (χ4n) is 2.15. The van der Waals surface area contributed by atoms with Gasteiger partial charge in [-0.3, -0.25) is 4.79 Å². The lowest BCUT2D eigenvalue weighted by molar-refractivity contribution is 0.0869. The van der Waals surface area contributed by atoms with Gasteiger partial charge in [0.15, 0.2) is 5.13 Å². The Hall–Kier alpha value is -1.38. The van der Waals surface area contributed by atoms with Gasteiger partial charge in [-0.2, -0.15) is 0 Å². The molecule has 2 heterocycles. The summed E-state index contributed by atoms with van der Waals surface area (Å²) in [5.74, 6) is 0.119. The first-order valence-corrected chi connectivity index (χ1v) is 8.02. The molecular weight excluding hydrogens is 292 g/mol. The number of nitrogens with two attached hydrogens (primary N) is 1. The van der Waals surface area contributed by atoms with Gasteiger partial charge in [0.25, 0.3) is 5.91 Å². The maximum atomic E-state index is 12.1. The standard InChI is InChI=1S/C13H22N4O3S/c14-11-10(12(19)15-4-3-8-20-9-7-18)21-13(16-11)17-5-1-2-6-17/h18H,1-9,14H2,(H,15,19). The molecule has 0 saturated carbocycles. The molecule has 21 heavy (non-hydrogen) atoms. The zero-order chi connectivity index (χ0) is 15.1. The number of aromatic nitrogens is 1. The molecule has 0 aliphatic carbocycles. The molecule has 0 unspecified atom stereocenters.